The van der Waals surface area contributed by atoms with Gasteiger partial charge < -0.3 is 17.0 Å². The maximum Gasteiger partial charge on any atom is 0.417 e. The third-order valence-corrected chi connectivity index (χ3v) is 1.01. The molecule has 0 aromatic heterocycles. The summed E-state index contributed by atoms with van der Waals surface area (Å²) in [6.07, 6.45) is -4.26. The first kappa shape index (κ1) is 14.6. The summed E-state index contributed by atoms with van der Waals surface area (Å²) < 4.78 is 35.3. The Hall–Kier alpha value is 0.113. The summed E-state index contributed by atoms with van der Waals surface area (Å²) in [4.78, 5) is 0. The Bertz CT molecular complexity index is 210. The summed E-state index contributed by atoms with van der Waals surface area (Å²) in [5.41, 5.74) is -0.727. The van der Waals surface area contributed by atoms with Crippen molar-refractivity contribution >= 4 is 0 Å². The van der Waals surface area contributed by atoms with Gasteiger partial charge in [-0.05, 0) is 12.1 Å². The Labute approximate surface area is 91.7 Å². The maximum atomic E-state index is 11.8. The van der Waals surface area contributed by atoms with Crippen LogP contribution in [0, 0.1) is 6.07 Å². The molecular formula is C7H4BrF3Zn-. The van der Waals surface area contributed by atoms with Gasteiger partial charge in [0.15, 0.2) is 0 Å². The normalized spacial score (nSPS) is 9.58. The Morgan fingerprint density at radius 2 is 1.75 bits per heavy atom. The zero-order valence-corrected chi connectivity index (χ0v) is 10.6. The third-order valence-electron chi connectivity index (χ3n) is 1.01. The van der Waals surface area contributed by atoms with Gasteiger partial charge in [-0.25, -0.2) is 0 Å². The molecule has 12 heavy (non-hydrogen) atoms. The third kappa shape index (κ3) is 4.22. The molecule has 63 valence electrons. The minimum Gasteiger partial charge on any atom is -1.00 e. The van der Waals surface area contributed by atoms with Gasteiger partial charge in [0, 0.05) is 19.5 Å². The van der Waals surface area contributed by atoms with E-state index in [9.17, 15) is 13.2 Å². The molecule has 0 aliphatic heterocycles. The molecule has 1 rings (SSSR count). The fourth-order valence-electron chi connectivity index (χ4n) is 0.570. The van der Waals surface area contributed by atoms with Crippen LogP contribution in [0.1, 0.15) is 5.56 Å². The molecule has 0 fully saturated rings. The monoisotopic (exact) mass is 288 g/mol. The van der Waals surface area contributed by atoms with Crippen LogP contribution in [-0.2, 0) is 25.7 Å². The van der Waals surface area contributed by atoms with E-state index >= 15 is 0 Å². The van der Waals surface area contributed by atoms with E-state index in [0.29, 0.717) is 0 Å². The van der Waals surface area contributed by atoms with Crippen LogP contribution in [0.25, 0.3) is 0 Å². The molecule has 0 aliphatic rings. The summed E-state index contributed by atoms with van der Waals surface area (Å²) >= 11 is 0. The quantitative estimate of drug-likeness (QED) is 0.566. The van der Waals surface area contributed by atoms with E-state index in [-0.39, 0.29) is 36.5 Å². The SMILES string of the molecule is FC(F)(F)c1[c]cccc1.[Br-].[Zn]. The second-order valence-corrected chi connectivity index (χ2v) is 1.77. The van der Waals surface area contributed by atoms with Gasteiger partial charge in [-0.2, -0.15) is 13.2 Å². The van der Waals surface area contributed by atoms with E-state index < -0.39 is 11.7 Å². The van der Waals surface area contributed by atoms with E-state index in [2.05, 4.69) is 6.07 Å². The second-order valence-electron chi connectivity index (χ2n) is 1.77. The number of alkyl halides is 3. The Balaban J connectivity index is 0. The van der Waals surface area contributed by atoms with Crippen LogP contribution in [0.5, 0.6) is 0 Å². The van der Waals surface area contributed by atoms with Gasteiger partial charge in [0.05, 0.1) is 5.56 Å². The molecule has 0 aliphatic carbocycles. The van der Waals surface area contributed by atoms with E-state index in [1.165, 1.54) is 18.2 Å². The predicted molar refractivity (Wildman–Crippen MR) is 30.3 cm³/mol. The number of rotatable bonds is 0. The fraction of sp³-hybridized carbons (Fsp3) is 0.143. The summed E-state index contributed by atoms with van der Waals surface area (Å²) in [6, 6.07) is 7.14. The molecule has 0 amide bonds. The molecule has 1 aromatic carbocycles. The first-order valence-corrected chi connectivity index (χ1v) is 2.64. The first-order chi connectivity index (χ1) is 4.61. The largest absolute Gasteiger partial charge is 1.00 e. The molecule has 1 radical (unpaired) electrons. The van der Waals surface area contributed by atoms with Gasteiger partial charge in [0.2, 0.25) is 0 Å². The molecule has 0 saturated heterocycles. The van der Waals surface area contributed by atoms with Crippen molar-refractivity contribution in [2.75, 3.05) is 0 Å². The topological polar surface area (TPSA) is 0 Å². The van der Waals surface area contributed by atoms with Gasteiger partial charge in [0.1, 0.15) is 0 Å². The number of halogens is 4. The summed E-state index contributed by atoms with van der Waals surface area (Å²) in [6.45, 7) is 0. The molecule has 0 N–H and O–H groups in total. The van der Waals surface area contributed by atoms with Gasteiger partial charge in [-0.3, -0.25) is 0 Å². The first-order valence-electron chi connectivity index (χ1n) is 2.64. The predicted octanol–water partition coefficient (Wildman–Crippen LogP) is -0.493. The number of hydrogen-bond donors (Lipinski definition) is 0. The zero-order chi connectivity index (χ0) is 7.61. The Morgan fingerprint density at radius 3 is 2.00 bits per heavy atom. The second kappa shape index (κ2) is 5.71. The molecule has 0 nitrogen and oxygen atoms in total. The van der Waals surface area contributed by atoms with Crippen LogP contribution in [0.4, 0.5) is 13.2 Å². The van der Waals surface area contributed by atoms with Crippen molar-refractivity contribution in [3.63, 3.8) is 0 Å². The smallest absolute Gasteiger partial charge is 0.417 e. The average Bonchev–Trinajstić information content (AvgIpc) is 1.88. The van der Waals surface area contributed by atoms with Crippen molar-refractivity contribution in [2.45, 2.75) is 6.18 Å². The van der Waals surface area contributed by atoms with Crippen LogP contribution in [0.2, 0.25) is 0 Å². The van der Waals surface area contributed by atoms with Crippen molar-refractivity contribution in [1.29, 1.82) is 0 Å². The fourth-order valence-corrected chi connectivity index (χ4v) is 0.570. The summed E-state index contributed by atoms with van der Waals surface area (Å²) in [7, 11) is 0. The van der Waals surface area contributed by atoms with Crippen molar-refractivity contribution in [2.24, 2.45) is 0 Å². The van der Waals surface area contributed by atoms with Gasteiger partial charge in [0.25, 0.3) is 0 Å². The van der Waals surface area contributed by atoms with Crippen LogP contribution < -0.4 is 17.0 Å². The van der Waals surface area contributed by atoms with Crippen molar-refractivity contribution in [3.05, 3.63) is 35.9 Å². The number of benzene rings is 1. The molecule has 0 spiro atoms. The molecule has 1 aromatic rings. The minimum atomic E-state index is -4.26. The van der Waals surface area contributed by atoms with Crippen molar-refractivity contribution in [3.8, 4) is 0 Å². The molecule has 0 saturated carbocycles. The van der Waals surface area contributed by atoms with Crippen LogP contribution in [-0.4, -0.2) is 0 Å². The van der Waals surface area contributed by atoms with E-state index in [0.717, 1.165) is 6.07 Å². The zero-order valence-electron chi connectivity index (χ0n) is 6.03. The van der Waals surface area contributed by atoms with Gasteiger partial charge in [-0.1, -0.05) is 18.2 Å². The van der Waals surface area contributed by atoms with E-state index in [1.54, 1.807) is 0 Å². The molecule has 0 atom stereocenters. The Kier molecular flexibility index (Phi) is 6.96. The number of hydrogen-bond acceptors (Lipinski definition) is 0. The standard InChI is InChI=1S/C7H4F3.BrH.Zn/c8-7(9,10)6-4-2-1-3-5-6;;/h1-4H;1H;/p-1. The van der Waals surface area contributed by atoms with Crippen LogP contribution in [0.3, 0.4) is 0 Å². The molecule has 5 heteroatoms. The molecule has 0 heterocycles. The molecule has 0 unspecified atom stereocenters. The van der Waals surface area contributed by atoms with Gasteiger partial charge in [-0.15, -0.1) is 0 Å². The van der Waals surface area contributed by atoms with Gasteiger partial charge >= 0.3 is 6.18 Å². The van der Waals surface area contributed by atoms with E-state index in [1.807, 2.05) is 0 Å². The van der Waals surface area contributed by atoms with Crippen LogP contribution >= 0.6 is 0 Å². The summed E-state index contributed by atoms with van der Waals surface area (Å²) in [5, 5.41) is 0. The molecular weight excluding hydrogens is 286 g/mol. The van der Waals surface area contributed by atoms with E-state index in [4.69, 9.17) is 0 Å². The Morgan fingerprint density at radius 1 is 1.17 bits per heavy atom. The van der Waals surface area contributed by atoms with Crippen molar-refractivity contribution < 1.29 is 49.6 Å². The maximum absolute atomic E-state index is 11.8. The average molecular weight is 290 g/mol. The minimum absolute atomic E-state index is 0. The molecule has 0 bridgehead atoms. The van der Waals surface area contributed by atoms with Crippen molar-refractivity contribution in [1.82, 2.24) is 0 Å². The van der Waals surface area contributed by atoms with Crippen LogP contribution in [0.15, 0.2) is 24.3 Å². The summed E-state index contributed by atoms with van der Waals surface area (Å²) in [5.74, 6) is 0.